The lowest BCUT2D eigenvalue weighted by molar-refractivity contribution is 0.0951. The van der Waals surface area contributed by atoms with Crippen molar-refractivity contribution >= 4 is 17.5 Å². The molecule has 170 valence electrons. The second kappa shape index (κ2) is 9.65. The molecule has 0 bridgehead atoms. The molecule has 1 heterocycles. The third-order valence-electron chi connectivity index (χ3n) is 5.56. The zero-order valence-electron chi connectivity index (χ0n) is 18.9. The third kappa shape index (κ3) is 4.48. The highest BCUT2D eigenvalue weighted by Crippen LogP contribution is 2.39. The maximum absolute atomic E-state index is 13.1. The molecule has 1 aliphatic heterocycles. The largest absolute Gasteiger partial charge is 0.493 e. The van der Waals surface area contributed by atoms with Gasteiger partial charge in [-0.25, -0.2) is 0 Å². The number of anilines is 1. The van der Waals surface area contributed by atoms with Gasteiger partial charge in [-0.3, -0.25) is 9.59 Å². The number of nitrogens with zero attached hydrogens (tertiary/aromatic N) is 1. The Balaban J connectivity index is 1.49. The van der Waals surface area contributed by atoms with Crippen LogP contribution in [-0.2, 0) is 6.42 Å². The maximum atomic E-state index is 13.1. The number of para-hydroxylation sites is 1. The molecule has 2 amide bonds. The average molecular weight is 447 g/mol. The van der Waals surface area contributed by atoms with Crippen LogP contribution < -0.4 is 24.4 Å². The smallest absolute Gasteiger partial charge is 0.262 e. The number of benzene rings is 3. The monoisotopic (exact) mass is 446 g/mol. The number of fused-ring (bicyclic) bond motifs is 2. The van der Waals surface area contributed by atoms with E-state index in [0.717, 1.165) is 5.56 Å². The highest BCUT2D eigenvalue weighted by molar-refractivity contribution is 6.10. The average Bonchev–Trinajstić information content (AvgIpc) is 2.96. The van der Waals surface area contributed by atoms with Crippen LogP contribution in [0.15, 0.2) is 60.7 Å². The van der Waals surface area contributed by atoms with Crippen LogP contribution in [0.25, 0.3) is 0 Å². The van der Waals surface area contributed by atoms with Crippen molar-refractivity contribution in [3.8, 4) is 23.0 Å². The van der Waals surface area contributed by atoms with Gasteiger partial charge in [0.15, 0.2) is 17.2 Å². The van der Waals surface area contributed by atoms with Crippen LogP contribution in [0, 0.1) is 0 Å². The second-order valence-electron chi connectivity index (χ2n) is 7.53. The molecule has 0 aliphatic carbocycles. The summed E-state index contributed by atoms with van der Waals surface area (Å²) in [5.74, 6) is 1.98. The van der Waals surface area contributed by atoms with Gasteiger partial charge in [0.1, 0.15) is 5.75 Å². The summed E-state index contributed by atoms with van der Waals surface area (Å²) in [5.41, 5.74) is 2.55. The molecule has 0 saturated heterocycles. The summed E-state index contributed by atoms with van der Waals surface area (Å²) in [7, 11) is 3.18. The fraction of sp³-hybridized carbons (Fsp3) is 0.231. The van der Waals surface area contributed by atoms with Gasteiger partial charge in [0.2, 0.25) is 0 Å². The third-order valence-corrected chi connectivity index (χ3v) is 5.56. The zero-order chi connectivity index (χ0) is 23.4. The molecule has 0 fully saturated rings. The molecular weight excluding hydrogens is 420 g/mol. The van der Waals surface area contributed by atoms with Crippen molar-refractivity contribution in [3.05, 3.63) is 77.4 Å². The Morgan fingerprint density at radius 1 is 0.970 bits per heavy atom. The van der Waals surface area contributed by atoms with Gasteiger partial charge in [-0.2, -0.15) is 0 Å². The first kappa shape index (κ1) is 22.2. The highest BCUT2D eigenvalue weighted by atomic mass is 16.5. The van der Waals surface area contributed by atoms with Crippen molar-refractivity contribution in [3.63, 3.8) is 0 Å². The molecule has 0 aromatic heterocycles. The Morgan fingerprint density at radius 2 is 1.76 bits per heavy atom. The SMILES string of the molecule is CCN1C(=O)c2ccccc2Oc2ccc(C(=O)NCCc3ccc(OC)c(OC)c3)cc21. The molecule has 0 saturated carbocycles. The molecule has 0 spiro atoms. The lowest BCUT2D eigenvalue weighted by Crippen LogP contribution is -2.30. The standard InChI is InChI=1S/C26H26N2O5/c1-4-28-20-16-18(10-12-22(20)33-21-8-6-5-7-19(21)26(28)30)25(29)27-14-13-17-9-11-23(31-2)24(15-17)32-3/h5-12,15-16H,4,13-14H2,1-3H3,(H,27,29). The van der Waals surface area contributed by atoms with Crippen LogP contribution in [0.1, 0.15) is 33.2 Å². The van der Waals surface area contributed by atoms with Gasteiger partial charge in [0.25, 0.3) is 11.8 Å². The van der Waals surface area contributed by atoms with E-state index in [1.165, 1.54) is 0 Å². The lowest BCUT2D eigenvalue weighted by atomic mass is 10.1. The van der Waals surface area contributed by atoms with E-state index in [-0.39, 0.29) is 11.8 Å². The Labute approximate surface area is 192 Å². The molecule has 7 heteroatoms. The molecule has 7 nitrogen and oxygen atoms in total. The van der Waals surface area contributed by atoms with Gasteiger partial charge in [-0.1, -0.05) is 18.2 Å². The second-order valence-corrected chi connectivity index (χ2v) is 7.53. The van der Waals surface area contributed by atoms with Gasteiger partial charge in [0, 0.05) is 18.7 Å². The molecule has 33 heavy (non-hydrogen) atoms. The summed E-state index contributed by atoms with van der Waals surface area (Å²) in [5, 5.41) is 2.94. The summed E-state index contributed by atoms with van der Waals surface area (Å²) in [6, 6.07) is 18.0. The minimum Gasteiger partial charge on any atom is -0.493 e. The number of ether oxygens (including phenoxy) is 3. The first-order valence-corrected chi connectivity index (χ1v) is 10.8. The molecule has 0 atom stereocenters. The quantitative estimate of drug-likeness (QED) is 0.580. The molecule has 0 radical (unpaired) electrons. The number of nitrogens with one attached hydrogen (secondary N) is 1. The van der Waals surface area contributed by atoms with Crippen LogP contribution in [0.4, 0.5) is 5.69 Å². The summed E-state index contributed by atoms with van der Waals surface area (Å²) in [4.78, 5) is 27.5. The summed E-state index contributed by atoms with van der Waals surface area (Å²) in [6.07, 6.45) is 0.634. The van der Waals surface area contributed by atoms with E-state index in [4.69, 9.17) is 14.2 Å². The molecule has 0 unspecified atom stereocenters. The summed E-state index contributed by atoms with van der Waals surface area (Å²) < 4.78 is 16.6. The number of carbonyl (C=O) groups is 2. The number of amides is 2. The number of hydrogen-bond donors (Lipinski definition) is 1. The minimum atomic E-state index is -0.219. The Bertz CT molecular complexity index is 1190. The molecule has 3 aromatic carbocycles. The molecule has 1 N–H and O–H groups in total. The van der Waals surface area contributed by atoms with E-state index in [2.05, 4.69) is 5.32 Å². The van der Waals surface area contributed by atoms with Crippen molar-refractivity contribution < 1.29 is 23.8 Å². The summed E-state index contributed by atoms with van der Waals surface area (Å²) >= 11 is 0. The Kier molecular flexibility index (Phi) is 6.49. The van der Waals surface area contributed by atoms with Crippen molar-refractivity contribution in [1.29, 1.82) is 0 Å². The Hall–Kier alpha value is -4.00. The van der Waals surface area contributed by atoms with E-state index in [1.807, 2.05) is 31.2 Å². The van der Waals surface area contributed by atoms with E-state index < -0.39 is 0 Å². The molecule has 4 rings (SSSR count). The van der Waals surface area contributed by atoms with E-state index in [9.17, 15) is 9.59 Å². The topological polar surface area (TPSA) is 77.1 Å². The maximum Gasteiger partial charge on any atom is 0.262 e. The Morgan fingerprint density at radius 3 is 2.52 bits per heavy atom. The molecular formula is C26H26N2O5. The number of carbonyl (C=O) groups excluding carboxylic acids is 2. The van der Waals surface area contributed by atoms with Crippen molar-refractivity contribution in [2.24, 2.45) is 0 Å². The van der Waals surface area contributed by atoms with Crippen LogP contribution in [0.2, 0.25) is 0 Å². The molecule has 3 aromatic rings. The van der Waals surface area contributed by atoms with Crippen LogP contribution >= 0.6 is 0 Å². The van der Waals surface area contributed by atoms with E-state index in [0.29, 0.717) is 59.3 Å². The fourth-order valence-electron chi connectivity index (χ4n) is 3.83. The molecule has 1 aliphatic rings. The van der Waals surface area contributed by atoms with Crippen molar-refractivity contribution in [1.82, 2.24) is 5.32 Å². The number of hydrogen-bond acceptors (Lipinski definition) is 5. The summed E-state index contributed by atoms with van der Waals surface area (Å²) in [6.45, 7) is 2.79. The zero-order valence-corrected chi connectivity index (χ0v) is 18.9. The fourth-order valence-corrected chi connectivity index (χ4v) is 3.83. The van der Waals surface area contributed by atoms with Gasteiger partial charge in [-0.15, -0.1) is 0 Å². The van der Waals surface area contributed by atoms with Crippen LogP contribution in [0.3, 0.4) is 0 Å². The normalized spacial score (nSPS) is 12.2. The van der Waals surface area contributed by atoms with Gasteiger partial charge < -0.3 is 24.4 Å². The van der Waals surface area contributed by atoms with E-state index in [1.54, 1.807) is 55.5 Å². The highest BCUT2D eigenvalue weighted by Gasteiger charge is 2.27. The number of methoxy groups -OCH3 is 2. The predicted molar refractivity (Wildman–Crippen MR) is 126 cm³/mol. The predicted octanol–water partition coefficient (Wildman–Crippen LogP) is 4.45. The van der Waals surface area contributed by atoms with Crippen molar-refractivity contribution in [2.45, 2.75) is 13.3 Å². The minimum absolute atomic E-state index is 0.155. The van der Waals surface area contributed by atoms with Gasteiger partial charge >= 0.3 is 0 Å². The first-order valence-electron chi connectivity index (χ1n) is 10.8. The van der Waals surface area contributed by atoms with Crippen LogP contribution in [0.5, 0.6) is 23.0 Å². The van der Waals surface area contributed by atoms with Crippen LogP contribution in [-0.4, -0.2) is 39.1 Å². The van der Waals surface area contributed by atoms with Gasteiger partial charge in [0.05, 0.1) is 25.5 Å². The van der Waals surface area contributed by atoms with Gasteiger partial charge in [-0.05, 0) is 61.4 Å². The van der Waals surface area contributed by atoms with E-state index >= 15 is 0 Å². The lowest BCUT2D eigenvalue weighted by Gasteiger charge is -2.20. The number of rotatable bonds is 7. The first-order chi connectivity index (χ1) is 16.0. The van der Waals surface area contributed by atoms with Crippen molar-refractivity contribution in [2.75, 3.05) is 32.2 Å².